The lowest BCUT2D eigenvalue weighted by Crippen LogP contribution is -2.01. The van der Waals surface area contributed by atoms with E-state index in [0.29, 0.717) is 29.2 Å². The molecule has 0 aromatic heterocycles. The van der Waals surface area contributed by atoms with Crippen molar-refractivity contribution in [3.05, 3.63) is 47.5 Å². The van der Waals surface area contributed by atoms with Gasteiger partial charge in [0, 0.05) is 18.2 Å². The summed E-state index contributed by atoms with van der Waals surface area (Å²) in [6.07, 6.45) is 0. The number of phenolic OH excluding ortho intramolecular Hbond substituents is 1. The van der Waals surface area contributed by atoms with Crippen LogP contribution < -0.4 is 14.8 Å². The standard InChI is InChI=1S/C15H12N2O3/c16-7-10-3-1-2-4-12(10)17-8-11-5-14-15(6-13(11)18)20-9-19-14/h1-6,17-18H,8-9H2. The first kappa shape index (κ1) is 12.2. The minimum atomic E-state index is 0.135. The zero-order chi connectivity index (χ0) is 13.9. The fraction of sp³-hybridized carbons (Fsp3) is 0.133. The van der Waals surface area contributed by atoms with Gasteiger partial charge in [-0.15, -0.1) is 0 Å². The maximum absolute atomic E-state index is 9.94. The molecule has 100 valence electrons. The van der Waals surface area contributed by atoms with Crippen LogP contribution in [0.3, 0.4) is 0 Å². The maximum atomic E-state index is 9.94. The summed E-state index contributed by atoms with van der Waals surface area (Å²) >= 11 is 0. The van der Waals surface area contributed by atoms with E-state index in [1.54, 1.807) is 12.1 Å². The van der Waals surface area contributed by atoms with Gasteiger partial charge in [-0.3, -0.25) is 0 Å². The summed E-state index contributed by atoms with van der Waals surface area (Å²) in [4.78, 5) is 0. The van der Waals surface area contributed by atoms with E-state index in [-0.39, 0.29) is 12.5 Å². The number of anilines is 1. The predicted octanol–water partition coefficient (Wildman–Crippen LogP) is 2.60. The zero-order valence-electron chi connectivity index (χ0n) is 10.6. The molecule has 0 unspecified atom stereocenters. The molecule has 0 bridgehead atoms. The Hall–Kier alpha value is -2.87. The van der Waals surface area contributed by atoms with Crippen molar-refractivity contribution in [1.29, 1.82) is 5.26 Å². The number of hydrogen-bond donors (Lipinski definition) is 2. The van der Waals surface area contributed by atoms with Crippen LogP contribution in [0.25, 0.3) is 0 Å². The summed E-state index contributed by atoms with van der Waals surface area (Å²) in [7, 11) is 0. The van der Waals surface area contributed by atoms with Gasteiger partial charge in [-0.05, 0) is 18.2 Å². The summed E-state index contributed by atoms with van der Waals surface area (Å²) in [5, 5.41) is 22.1. The monoisotopic (exact) mass is 268 g/mol. The second-order valence-corrected chi connectivity index (χ2v) is 4.35. The van der Waals surface area contributed by atoms with Gasteiger partial charge in [0.2, 0.25) is 6.79 Å². The molecule has 5 nitrogen and oxygen atoms in total. The Bertz CT molecular complexity index is 692. The second kappa shape index (κ2) is 5.02. The van der Waals surface area contributed by atoms with Gasteiger partial charge in [0.25, 0.3) is 0 Å². The van der Waals surface area contributed by atoms with Gasteiger partial charge in [0.15, 0.2) is 11.5 Å². The van der Waals surface area contributed by atoms with Gasteiger partial charge in [-0.2, -0.15) is 5.26 Å². The third kappa shape index (κ3) is 2.19. The van der Waals surface area contributed by atoms with Crippen molar-refractivity contribution in [3.8, 4) is 23.3 Å². The molecule has 0 atom stereocenters. The number of hydrogen-bond acceptors (Lipinski definition) is 5. The number of nitrogens with zero attached hydrogens (tertiary/aromatic N) is 1. The fourth-order valence-corrected chi connectivity index (χ4v) is 2.04. The lowest BCUT2D eigenvalue weighted by Gasteiger charge is -2.10. The van der Waals surface area contributed by atoms with Gasteiger partial charge in [-0.25, -0.2) is 0 Å². The Morgan fingerprint density at radius 1 is 1.20 bits per heavy atom. The quantitative estimate of drug-likeness (QED) is 0.895. The Morgan fingerprint density at radius 2 is 1.95 bits per heavy atom. The van der Waals surface area contributed by atoms with Gasteiger partial charge >= 0.3 is 0 Å². The number of nitriles is 1. The van der Waals surface area contributed by atoms with Crippen LogP contribution in [0.1, 0.15) is 11.1 Å². The molecule has 5 heteroatoms. The van der Waals surface area contributed by atoms with Gasteiger partial charge in [0.1, 0.15) is 11.8 Å². The van der Waals surface area contributed by atoms with E-state index in [4.69, 9.17) is 14.7 Å². The van der Waals surface area contributed by atoms with E-state index in [2.05, 4.69) is 11.4 Å². The summed E-state index contributed by atoms with van der Waals surface area (Å²) < 4.78 is 10.5. The highest BCUT2D eigenvalue weighted by molar-refractivity contribution is 5.58. The van der Waals surface area contributed by atoms with E-state index < -0.39 is 0 Å². The van der Waals surface area contributed by atoms with Gasteiger partial charge in [0.05, 0.1) is 11.3 Å². The fourth-order valence-electron chi connectivity index (χ4n) is 2.04. The number of nitrogens with one attached hydrogen (secondary N) is 1. The molecule has 2 aromatic carbocycles. The Morgan fingerprint density at radius 3 is 2.75 bits per heavy atom. The molecule has 0 saturated heterocycles. The molecule has 1 heterocycles. The van der Waals surface area contributed by atoms with Crippen LogP contribution in [0.4, 0.5) is 5.69 Å². The van der Waals surface area contributed by atoms with Crippen molar-refractivity contribution < 1.29 is 14.6 Å². The molecular formula is C15H12N2O3. The molecule has 1 aliphatic heterocycles. The number of aromatic hydroxyl groups is 1. The minimum Gasteiger partial charge on any atom is -0.507 e. The van der Waals surface area contributed by atoms with E-state index in [1.165, 1.54) is 6.07 Å². The number of ether oxygens (including phenoxy) is 2. The van der Waals surface area contributed by atoms with E-state index in [0.717, 1.165) is 5.69 Å². The lowest BCUT2D eigenvalue weighted by molar-refractivity contribution is 0.174. The topological polar surface area (TPSA) is 74.5 Å². The van der Waals surface area contributed by atoms with Crippen molar-refractivity contribution in [3.63, 3.8) is 0 Å². The van der Waals surface area contributed by atoms with Crippen LogP contribution in [0.5, 0.6) is 17.2 Å². The smallest absolute Gasteiger partial charge is 0.231 e. The molecule has 0 amide bonds. The molecule has 0 fully saturated rings. The summed E-state index contributed by atoms with van der Waals surface area (Å²) in [5.41, 5.74) is 1.97. The molecule has 0 radical (unpaired) electrons. The van der Waals surface area contributed by atoms with Crippen molar-refractivity contribution in [2.24, 2.45) is 0 Å². The van der Waals surface area contributed by atoms with Crippen LogP contribution in [-0.4, -0.2) is 11.9 Å². The van der Waals surface area contributed by atoms with E-state index in [1.807, 2.05) is 18.2 Å². The molecule has 3 rings (SSSR count). The molecule has 0 spiro atoms. The first-order valence-corrected chi connectivity index (χ1v) is 6.12. The van der Waals surface area contributed by atoms with Crippen molar-refractivity contribution in [2.45, 2.75) is 6.54 Å². The minimum absolute atomic E-state index is 0.135. The second-order valence-electron chi connectivity index (χ2n) is 4.35. The van der Waals surface area contributed by atoms with Crippen molar-refractivity contribution >= 4 is 5.69 Å². The number of benzene rings is 2. The Kier molecular flexibility index (Phi) is 3.05. The van der Waals surface area contributed by atoms with Crippen LogP contribution in [-0.2, 0) is 6.54 Å². The van der Waals surface area contributed by atoms with Crippen LogP contribution in [0, 0.1) is 11.3 Å². The summed E-state index contributed by atoms with van der Waals surface area (Å²) in [6.45, 7) is 0.560. The van der Waals surface area contributed by atoms with Crippen molar-refractivity contribution in [2.75, 3.05) is 12.1 Å². The number of fused-ring (bicyclic) bond motifs is 1. The third-order valence-electron chi connectivity index (χ3n) is 3.09. The van der Waals surface area contributed by atoms with Crippen LogP contribution in [0.15, 0.2) is 36.4 Å². The van der Waals surface area contributed by atoms with Crippen molar-refractivity contribution in [1.82, 2.24) is 0 Å². The highest BCUT2D eigenvalue weighted by Gasteiger charge is 2.16. The first-order valence-electron chi connectivity index (χ1n) is 6.12. The highest BCUT2D eigenvalue weighted by Crippen LogP contribution is 2.37. The number of phenols is 1. The molecule has 2 aromatic rings. The first-order chi connectivity index (χ1) is 9.78. The molecule has 20 heavy (non-hydrogen) atoms. The highest BCUT2D eigenvalue weighted by atomic mass is 16.7. The normalized spacial score (nSPS) is 11.9. The Balaban J connectivity index is 1.81. The van der Waals surface area contributed by atoms with Crippen LogP contribution >= 0.6 is 0 Å². The average molecular weight is 268 g/mol. The Labute approximate surface area is 116 Å². The molecule has 1 aliphatic rings. The predicted molar refractivity (Wildman–Crippen MR) is 72.7 cm³/mol. The van der Waals surface area contributed by atoms with Gasteiger partial charge < -0.3 is 19.9 Å². The molecule has 0 saturated carbocycles. The van der Waals surface area contributed by atoms with Gasteiger partial charge in [-0.1, -0.05) is 12.1 Å². The number of rotatable bonds is 3. The SMILES string of the molecule is N#Cc1ccccc1NCc1cc2c(cc1O)OCO2. The molecular weight excluding hydrogens is 256 g/mol. The van der Waals surface area contributed by atoms with E-state index in [9.17, 15) is 5.11 Å². The molecule has 0 aliphatic carbocycles. The largest absolute Gasteiger partial charge is 0.507 e. The lowest BCUT2D eigenvalue weighted by atomic mass is 10.1. The number of para-hydroxylation sites is 1. The van der Waals surface area contributed by atoms with Crippen LogP contribution in [0.2, 0.25) is 0 Å². The van der Waals surface area contributed by atoms with E-state index >= 15 is 0 Å². The third-order valence-corrected chi connectivity index (χ3v) is 3.09. The summed E-state index contributed by atoms with van der Waals surface area (Å²) in [6, 6.07) is 12.6. The zero-order valence-corrected chi connectivity index (χ0v) is 10.6. The average Bonchev–Trinajstić information content (AvgIpc) is 2.92. The maximum Gasteiger partial charge on any atom is 0.231 e. The summed E-state index contributed by atoms with van der Waals surface area (Å²) in [5.74, 6) is 1.30. The molecule has 2 N–H and O–H groups in total.